The topological polar surface area (TPSA) is 71.1 Å². The molecule has 0 aliphatic heterocycles. The molecule has 0 bridgehead atoms. The Morgan fingerprint density at radius 3 is 2.38 bits per heavy atom. The maximum atomic E-state index is 12.4. The Bertz CT molecular complexity index is 912. The van der Waals surface area contributed by atoms with E-state index in [1.807, 2.05) is 36.4 Å². The molecule has 1 aromatic heterocycles. The predicted octanol–water partition coefficient (Wildman–Crippen LogP) is 4.03. The van der Waals surface area contributed by atoms with E-state index < -0.39 is 0 Å². The summed E-state index contributed by atoms with van der Waals surface area (Å²) in [5.41, 5.74) is 2.52. The van der Waals surface area contributed by atoms with Gasteiger partial charge in [0, 0.05) is 34.7 Å². The van der Waals surface area contributed by atoms with Gasteiger partial charge in [0.15, 0.2) is 0 Å². The molecule has 0 unspecified atom stereocenters. The van der Waals surface area contributed by atoms with Crippen LogP contribution in [0.25, 0.3) is 0 Å². The van der Waals surface area contributed by atoms with Crippen molar-refractivity contribution in [1.29, 1.82) is 0 Å². The second kappa shape index (κ2) is 8.40. The quantitative estimate of drug-likeness (QED) is 0.668. The summed E-state index contributed by atoms with van der Waals surface area (Å²) >= 11 is 3.35. The third-order valence-electron chi connectivity index (χ3n) is 3.74. The van der Waals surface area contributed by atoms with Gasteiger partial charge in [0.05, 0.1) is 5.56 Å². The van der Waals surface area contributed by atoms with Gasteiger partial charge in [-0.1, -0.05) is 34.1 Å². The molecule has 26 heavy (non-hydrogen) atoms. The Kier molecular flexibility index (Phi) is 5.76. The molecule has 0 fully saturated rings. The van der Waals surface area contributed by atoms with Crippen LogP contribution in [0.4, 0.5) is 5.69 Å². The van der Waals surface area contributed by atoms with Gasteiger partial charge in [-0.05, 0) is 48.0 Å². The Morgan fingerprint density at radius 1 is 0.885 bits per heavy atom. The van der Waals surface area contributed by atoms with Gasteiger partial charge < -0.3 is 10.6 Å². The smallest absolute Gasteiger partial charge is 0.255 e. The minimum atomic E-state index is -0.216. The number of hydrogen-bond donors (Lipinski definition) is 2. The number of carbonyl (C=O) groups excluding carboxylic acids is 2. The van der Waals surface area contributed by atoms with Crippen molar-refractivity contribution in [2.45, 2.75) is 6.54 Å². The molecule has 0 aliphatic rings. The molecular formula is C20H16BrN3O2. The Hall–Kier alpha value is -2.99. The number of para-hydroxylation sites is 1. The largest absolute Gasteiger partial charge is 0.348 e. The third-order valence-corrected chi connectivity index (χ3v) is 4.26. The lowest BCUT2D eigenvalue weighted by Crippen LogP contribution is -2.24. The van der Waals surface area contributed by atoms with Crippen LogP contribution < -0.4 is 10.6 Å². The zero-order chi connectivity index (χ0) is 18.4. The second-order valence-electron chi connectivity index (χ2n) is 5.54. The first-order valence-corrected chi connectivity index (χ1v) is 8.76. The van der Waals surface area contributed by atoms with Crippen LogP contribution in [0.5, 0.6) is 0 Å². The third kappa shape index (κ3) is 4.55. The average molecular weight is 410 g/mol. The fraction of sp³-hybridized carbons (Fsp3) is 0.0500. The molecule has 1 heterocycles. The highest BCUT2D eigenvalue weighted by molar-refractivity contribution is 9.10. The number of nitrogens with zero attached hydrogens (tertiary/aromatic N) is 1. The summed E-state index contributed by atoms with van der Waals surface area (Å²) in [4.78, 5) is 28.5. The van der Waals surface area contributed by atoms with E-state index >= 15 is 0 Å². The molecular weight excluding hydrogens is 394 g/mol. The molecule has 5 nitrogen and oxygen atoms in total. The lowest BCUT2D eigenvalue weighted by Gasteiger charge is -2.12. The van der Waals surface area contributed by atoms with Crippen molar-refractivity contribution in [2.75, 3.05) is 5.32 Å². The molecule has 130 valence electrons. The van der Waals surface area contributed by atoms with Crippen LogP contribution in [0, 0.1) is 0 Å². The fourth-order valence-electron chi connectivity index (χ4n) is 2.37. The number of pyridine rings is 1. The Morgan fingerprint density at radius 2 is 1.65 bits per heavy atom. The number of nitrogens with one attached hydrogen (secondary N) is 2. The van der Waals surface area contributed by atoms with E-state index in [-0.39, 0.29) is 11.8 Å². The van der Waals surface area contributed by atoms with E-state index in [9.17, 15) is 9.59 Å². The number of anilines is 1. The van der Waals surface area contributed by atoms with Crippen LogP contribution in [0.1, 0.15) is 26.3 Å². The van der Waals surface area contributed by atoms with Crippen LogP contribution >= 0.6 is 15.9 Å². The van der Waals surface area contributed by atoms with Gasteiger partial charge in [0.25, 0.3) is 11.8 Å². The number of amides is 2. The molecule has 0 aliphatic carbocycles. The standard InChI is InChI=1S/C20H16BrN3O2/c21-17-9-7-14(8-10-17)20(26)24-18-6-2-1-4-15(18)13-23-19(25)16-5-3-11-22-12-16/h1-12H,13H2,(H,23,25)(H,24,26). The summed E-state index contributed by atoms with van der Waals surface area (Å²) in [5.74, 6) is -0.421. The zero-order valence-corrected chi connectivity index (χ0v) is 15.4. The highest BCUT2D eigenvalue weighted by Crippen LogP contribution is 2.17. The zero-order valence-electron chi connectivity index (χ0n) is 13.8. The van der Waals surface area contributed by atoms with E-state index in [0.717, 1.165) is 10.0 Å². The van der Waals surface area contributed by atoms with Gasteiger partial charge in [-0.25, -0.2) is 0 Å². The number of aromatic nitrogens is 1. The molecule has 3 rings (SSSR count). The van der Waals surface area contributed by atoms with Gasteiger partial charge in [-0.3, -0.25) is 14.6 Å². The monoisotopic (exact) mass is 409 g/mol. The molecule has 0 radical (unpaired) electrons. The summed E-state index contributed by atoms with van der Waals surface area (Å²) < 4.78 is 0.910. The normalized spacial score (nSPS) is 10.2. The molecule has 0 spiro atoms. The van der Waals surface area contributed by atoms with Crippen molar-refractivity contribution in [1.82, 2.24) is 10.3 Å². The molecule has 0 saturated heterocycles. The van der Waals surface area contributed by atoms with Crippen molar-refractivity contribution in [3.05, 3.63) is 94.2 Å². The van der Waals surface area contributed by atoms with Crippen LogP contribution in [0.3, 0.4) is 0 Å². The van der Waals surface area contributed by atoms with Crippen molar-refractivity contribution < 1.29 is 9.59 Å². The number of rotatable bonds is 5. The van der Waals surface area contributed by atoms with Crippen molar-refractivity contribution >= 4 is 33.4 Å². The van der Waals surface area contributed by atoms with Crippen molar-refractivity contribution in [3.63, 3.8) is 0 Å². The fourth-order valence-corrected chi connectivity index (χ4v) is 2.63. The second-order valence-corrected chi connectivity index (χ2v) is 6.46. The minimum absolute atomic E-state index is 0.205. The number of hydrogen-bond acceptors (Lipinski definition) is 3. The Labute approximate surface area is 159 Å². The number of benzene rings is 2. The first kappa shape index (κ1) is 17.8. The van der Waals surface area contributed by atoms with Crippen LogP contribution in [-0.4, -0.2) is 16.8 Å². The molecule has 2 N–H and O–H groups in total. The first-order chi connectivity index (χ1) is 12.6. The van der Waals surface area contributed by atoms with E-state index in [1.54, 1.807) is 30.5 Å². The predicted molar refractivity (Wildman–Crippen MR) is 104 cm³/mol. The molecule has 2 aromatic carbocycles. The highest BCUT2D eigenvalue weighted by atomic mass is 79.9. The van der Waals surface area contributed by atoms with E-state index in [2.05, 4.69) is 31.5 Å². The summed E-state index contributed by atoms with van der Waals surface area (Å²) in [7, 11) is 0. The maximum absolute atomic E-state index is 12.4. The summed E-state index contributed by atoms with van der Waals surface area (Å²) in [6.45, 7) is 0.296. The minimum Gasteiger partial charge on any atom is -0.348 e. The SMILES string of the molecule is O=C(NCc1ccccc1NC(=O)c1ccc(Br)cc1)c1cccnc1. The van der Waals surface area contributed by atoms with Gasteiger partial charge in [0.1, 0.15) is 0 Å². The van der Waals surface area contributed by atoms with E-state index in [4.69, 9.17) is 0 Å². The summed E-state index contributed by atoms with van der Waals surface area (Å²) in [5, 5.41) is 5.73. The lowest BCUT2D eigenvalue weighted by atomic mass is 10.1. The van der Waals surface area contributed by atoms with E-state index in [0.29, 0.717) is 23.4 Å². The van der Waals surface area contributed by atoms with Gasteiger partial charge in [0.2, 0.25) is 0 Å². The molecule has 3 aromatic rings. The van der Waals surface area contributed by atoms with Crippen LogP contribution in [0.15, 0.2) is 77.5 Å². The highest BCUT2D eigenvalue weighted by Gasteiger charge is 2.10. The maximum Gasteiger partial charge on any atom is 0.255 e. The van der Waals surface area contributed by atoms with Crippen molar-refractivity contribution in [2.24, 2.45) is 0 Å². The van der Waals surface area contributed by atoms with Crippen LogP contribution in [0.2, 0.25) is 0 Å². The van der Waals surface area contributed by atoms with Gasteiger partial charge >= 0.3 is 0 Å². The molecule has 0 atom stereocenters. The molecule has 6 heteroatoms. The molecule has 0 saturated carbocycles. The summed E-state index contributed by atoms with van der Waals surface area (Å²) in [6.07, 6.45) is 3.13. The average Bonchev–Trinajstić information content (AvgIpc) is 2.68. The van der Waals surface area contributed by atoms with E-state index in [1.165, 1.54) is 6.20 Å². The first-order valence-electron chi connectivity index (χ1n) is 7.96. The van der Waals surface area contributed by atoms with Crippen LogP contribution in [-0.2, 0) is 6.54 Å². The Balaban J connectivity index is 1.69. The van der Waals surface area contributed by atoms with Gasteiger partial charge in [-0.2, -0.15) is 0 Å². The molecule has 2 amide bonds. The number of halogens is 1. The lowest BCUT2D eigenvalue weighted by molar-refractivity contribution is 0.0950. The summed E-state index contributed by atoms with van der Waals surface area (Å²) in [6, 6.07) is 17.9. The number of carbonyl (C=O) groups is 2. The van der Waals surface area contributed by atoms with Gasteiger partial charge in [-0.15, -0.1) is 0 Å². The van der Waals surface area contributed by atoms with Crippen molar-refractivity contribution in [3.8, 4) is 0 Å².